The minimum atomic E-state index is -0.986. The van der Waals surface area contributed by atoms with Gasteiger partial charge in [-0.25, -0.2) is 4.98 Å². The molecule has 0 saturated heterocycles. The molecule has 1 saturated carbocycles. The number of benzene rings is 1. The van der Waals surface area contributed by atoms with Crippen molar-refractivity contribution < 1.29 is 4.55 Å². The molecular formula is C13H18N2OS3. The molecule has 3 rings (SSSR count). The molecule has 1 unspecified atom stereocenters. The number of nitrogens with zero attached hydrogens (tertiary/aromatic N) is 1. The number of hydrogen-bond donors (Lipinski definition) is 1. The number of hydrogen-bond acceptors (Lipinski definition) is 4. The Bertz CT molecular complexity index is 492. The summed E-state index contributed by atoms with van der Waals surface area (Å²) in [5, 5.41) is 1.07. The third-order valence-corrected chi connectivity index (χ3v) is 5.89. The molecule has 0 radical (unpaired) electrons. The van der Waals surface area contributed by atoms with E-state index >= 15 is 0 Å². The topological polar surface area (TPSA) is 48.0 Å². The molecule has 0 aliphatic heterocycles. The fraction of sp³-hybridized carbons (Fsp3) is 0.462. The lowest BCUT2D eigenvalue weighted by atomic mass is 10.0. The first-order valence-corrected chi connectivity index (χ1v) is 8.39. The molecule has 1 N–H and O–H groups in total. The zero-order valence-electron chi connectivity index (χ0n) is 10.6. The first-order chi connectivity index (χ1) is 8.83. The highest BCUT2D eigenvalue weighted by Gasteiger charge is 2.26. The summed E-state index contributed by atoms with van der Waals surface area (Å²) in [5.41, 5.74) is 0.977. The van der Waals surface area contributed by atoms with Crippen LogP contribution in [0.5, 0.6) is 0 Å². The Kier molecular flexibility index (Phi) is 5.38. The van der Waals surface area contributed by atoms with E-state index in [4.69, 9.17) is 0 Å². The maximum Gasteiger partial charge on any atom is 0.226 e. The van der Waals surface area contributed by atoms with E-state index in [9.17, 15) is 4.55 Å². The Hall–Kier alpha value is -0.430. The van der Waals surface area contributed by atoms with Crippen molar-refractivity contribution >= 4 is 51.5 Å². The quantitative estimate of drug-likeness (QED) is 0.876. The molecule has 0 bridgehead atoms. The second kappa shape index (κ2) is 6.83. The van der Waals surface area contributed by atoms with Crippen LogP contribution >= 0.6 is 24.8 Å². The van der Waals surface area contributed by atoms with E-state index in [2.05, 4.69) is 9.71 Å². The van der Waals surface area contributed by atoms with Crippen molar-refractivity contribution in [1.29, 1.82) is 0 Å². The molecule has 3 nitrogen and oxygen atoms in total. The number of fused-ring (bicyclic) bond motifs is 1. The van der Waals surface area contributed by atoms with Crippen LogP contribution in [0.3, 0.4) is 0 Å². The van der Waals surface area contributed by atoms with Crippen molar-refractivity contribution in [3.63, 3.8) is 0 Å². The Morgan fingerprint density at radius 1 is 1.21 bits per heavy atom. The Morgan fingerprint density at radius 3 is 2.68 bits per heavy atom. The predicted molar refractivity (Wildman–Crippen MR) is 88.6 cm³/mol. The predicted octanol–water partition coefficient (Wildman–Crippen LogP) is 3.82. The van der Waals surface area contributed by atoms with Gasteiger partial charge in [0, 0.05) is 0 Å². The number of anilines is 1. The molecule has 104 valence electrons. The highest BCUT2D eigenvalue weighted by Crippen LogP contribution is 2.29. The standard InChI is InChI=1S/C13H16N2OS2.H2S/c16-18(10-6-2-1-3-7-10)15-13-14-11-8-4-5-9-12(11)17-13;/h4-5,8-10H,1-3,6-7H2,(H,14,15);1H2. The summed E-state index contributed by atoms with van der Waals surface area (Å²) in [6.45, 7) is 0. The molecular weight excluding hydrogens is 296 g/mol. The maximum atomic E-state index is 12.2. The minimum Gasteiger partial charge on any atom is -0.593 e. The molecule has 1 aliphatic carbocycles. The van der Waals surface area contributed by atoms with Crippen molar-refractivity contribution in [2.75, 3.05) is 4.72 Å². The average Bonchev–Trinajstić information content (AvgIpc) is 2.82. The van der Waals surface area contributed by atoms with Gasteiger partial charge in [-0.15, -0.1) is 0 Å². The lowest BCUT2D eigenvalue weighted by Gasteiger charge is -2.23. The van der Waals surface area contributed by atoms with Gasteiger partial charge >= 0.3 is 0 Å². The van der Waals surface area contributed by atoms with Gasteiger partial charge in [-0.2, -0.15) is 18.2 Å². The lowest BCUT2D eigenvalue weighted by molar-refractivity contribution is 0.486. The van der Waals surface area contributed by atoms with Crippen LogP contribution in [-0.2, 0) is 11.4 Å². The van der Waals surface area contributed by atoms with Gasteiger partial charge in [-0.05, 0) is 37.8 Å². The van der Waals surface area contributed by atoms with E-state index in [1.54, 1.807) is 11.3 Å². The van der Waals surface area contributed by atoms with Crippen LogP contribution in [0.25, 0.3) is 10.2 Å². The van der Waals surface area contributed by atoms with E-state index in [0.717, 1.165) is 28.2 Å². The van der Waals surface area contributed by atoms with Crippen molar-refractivity contribution in [1.82, 2.24) is 4.98 Å². The average molecular weight is 315 g/mol. The number of aromatic nitrogens is 1. The maximum absolute atomic E-state index is 12.2. The summed E-state index contributed by atoms with van der Waals surface area (Å²) in [7, 11) is 0. The SMILES string of the molecule is S.[O-][S+](Nc1nc2ccccc2s1)C1CCCCC1. The number of thiazole rings is 1. The third kappa shape index (κ3) is 3.56. The first-order valence-electron chi connectivity index (χ1n) is 6.36. The second-order valence-corrected chi connectivity index (χ2v) is 7.14. The zero-order chi connectivity index (χ0) is 12.4. The zero-order valence-corrected chi connectivity index (χ0v) is 13.2. The van der Waals surface area contributed by atoms with Gasteiger partial charge in [0.2, 0.25) is 5.13 Å². The highest BCUT2D eigenvalue weighted by molar-refractivity contribution is 7.93. The first kappa shape index (κ1) is 15.0. The van der Waals surface area contributed by atoms with E-state index < -0.39 is 11.4 Å². The summed E-state index contributed by atoms with van der Waals surface area (Å²) in [5.74, 6) is 0. The fourth-order valence-corrected chi connectivity index (χ4v) is 4.64. The Labute approximate surface area is 127 Å². The summed E-state index contributed by atoms with van der Waals surface area (Å²) < 4.78 is 16.4. The van der Waals surface area contributed by atoms with Gasteiger partial charge < -0.3 is 4.55 Å². The van der Waals surface area contributed by atoms with Crippen LogP contribution in [0.15, 0.2) is 24.3 Å². The van der Waals surface area contributed by atoms with Gasteiger partial charge in [0.15, 0.2) is 0 Å². The number of nitrogens with one attached hydrogen (secondary N) is 1. The van der Waals surface area contributed by atoms with Crippen molar-refractivity contribution in [3.8, 4) is 0 Å². The van der Waals surface area contributed by atoms with Crippen molar-refractivity contribution in [2.45, 2.75) is 37.4 Å². The molecule has 0 amide bonds. The molecule has 1 aromatic carbocycles. The third-order valence-electron chi connectivity index (χ3n) is 3.34. The van der Waals surface area contributed by atoms with E-state index in [1.165, 1.54) is 19.3 Å². The normalized spacial score (nSPS) is 17.9. The Balaban J connectivity index is 0.00000133. The molecule has 0 spiro atoms. The molecule has 19 heavy (non-hydrogen) atoms. The summed E-state index contributed by atoms with van der Waals surface area (Å²) >= 11 is 0.588. The van der Waals surface area contributed by atoms with Crippen LogP contribution in [-0.4, -0.2) is 14.8 Å². The molecule has 1 aliphatic rings. The van der Waals surface area contributed by atoms with Gasteiger partial charge in [-0.1, -0.05) is 29.9 Å². The second-order valence-electron chi connectivity index (χ2n) is 4.65. The van der Waals surface area contributed by atoms with E-state index in [1.807, 2.05) is 24.3 Å². The van der Waals surface area contributed by atoms with E-state index in [0.29, 0.717) is 5.25 Å². The molecule has 1 aromatic heterocycles. The van der Waals surface area contributed by atoms with Crippen LogP contribution < -0.4 is 4.72 Å². The minimum absolute atomic E-state index is 0. The summed E-state index contributed by atoms with van der Waals surface area (Å²) in [6.07, 6.45) is 5.85. The van der Waals surface area contributed by atoms with Gasteiger partial charge in [0.25, 0.3) is 0 Å². The molecule has 1 heterocycles. The smallest absolute Gasteiger partial charge is 0.226 e. The molecule has 2 aromatic rings. The number of rotatable bonds is 3. The van der Waals surface area contributed by atoms with Gasteiger partial charge in [0.1, 0.15) is 5.25 Å². The number of para-hydroxylation sites is 1. The largest absolute Gasteiger partial charge is 0.593 e. The van der Waals surface area contributed by atoms with Crippen LogP contribution in [0.2, 0.25) is 0 Å². The van der Waals surface area contributed by atoms with Crippen LogP contribution in [0, 0.1) is 0 Å². The van der Waals surface area contributed by atoms with Crippen LogP contribution in [0.4, 0.5) is 5.13 Å². The van der Waals surface area contributed by atoms with Crippen LogP contribution in [0.1, 0.15) is 32.1 Å². The van der Waals surface area contributed by atoms with E-state index in [-0.39, 0.29) is 13.5 Å². The lowest BCUT2D eigenvalue weighted by Crippen LogP contribution is -2.29. The summed E-state index contributed by atoms with van der Waals surface area (Å²) in [4.78, 5) is 4.46. The fourth-order valence-electron chi connectivity index (χ4n) is 2.36. The molecule has 6 heteroatoms. The highest BCUT2D eigenvalue weighted by atomic mass is 32.2. The van der Waals surface area contributed by atoms with Gasteiger partial charge in [0.05, 0.1) is 21.6 Å². The molecule has 1 atom stereocenters. The molecule has 1 fully saturated rings. The van der Waals surface area contributed by atoms with Crippen molar-refractivity contribution in [3.05, 3.63) is 24.3 Å². The summed E-state index contributed by atoms with van der Waals surface area (Å²) in [6, 6.07) is 8.01. The van der Waals surface area contributed by atoms with Crippen molar-refractivity contribution in [2.24, 2.45) is 0 Å². The van der Waals surface area contributed by atoms with Gasteiger partial charge in [-0.3, -0.25) is 0 Å². The monoisotopic (exact) mass is 314 g/mol. The Morgan fingerprint density at radius 2 is 1.95 bits per heavy atom.